The number of pyridine rings is 1. The maximum absolute atomic E-state index is 13.8. The van der Waals surface area contributed by atoms with Gasteiger partial charge in [0.2, 0.25) is 5.91 Å². The maximum atomic E-state index is 13.8. The van der Waals surface area contributed by atoms with E-state index in [1.165, 1.54) is 6.42 Å². The van der Waals surface area contributed by atoms with Crippen LogP contribution in [0.1, 0.15) is 59.8 Å². The fourth-order valence-corrected chi connectivity index (χ4v) is 4.51. The van der Waals surface area contributed by atoms with Gasteiger partial charge in [-0.25, -0.2) is 0 Å². The van der Waals surface area contributed by atoms with E-state index in [4.69, 9.17) is 4.74 Å². The first kappa shape index (κ1) is 23.5. The molecule has 176 valence electrons. The van der Waals surface area contributed by atoms with E-state index in [9.17, 15) is 9.59 Å². The van der Waals surface area contributed by atoms with Gasteiger partial charge in [-0.2, -0.15) is 0 Å². The topological polar surface area (TPSA) is 71.5 Å². The first-order valence-corrected chi connectivity index (χ1v) is 11.8. The third-order valence-corrected chi connectivity index (χ3v) is 6.27. The van der Waals surface area contributed by atoms with Gasteiger partial charge in [-0.1, -0.05) is 49.6 Å². The van der Waals surface area contributed by atoms with E-state index in [0.717, 1.165) is 31.2 Å². The zero-order valence-corrected chi connectivity index (χ0v) is 19.7. The van der Waals surface area contributed by atoms with Crippen LogP contribution in [0.4, 0.5) is 5.69 Å². The van der Waals surface area contributed by atoms with E-state index >= 15 is 0 Å². The van der Waals surface area contributed by atoms with Gasteiger partial charge in [0.1, 0.15) is 17.5 Å². The number of nitrogens with one attached hydrogen (secondary N) is 1. The number of ether oxygens (including phenoxy) is 1. The molecule has 0 radical (unpaired) electrons. The van der Waals surface area contributed by atoms with Gasteiger partial charge >= 0.3 is 0 Å². The smallest absolute Gasteiger partial charge is 0.277 e. The molecule has 1 N–H and O–H groups in total. The van der Waals surface area contributed by atoms with E-state index < -0.39 is 6.04 Å². The van der Waals surface area contributed by atoms with Crippen molar-refractivity contribution in [2.75, 3.05) is 12.0 Å². The fourth-order valence-electron chi connectivity index (χ4n) is 4.51. The molecular weight excluding hydrogens is 426 g/mol. The predicted octanol–water partition coefficient (Wildman–Crippen LogP) is 5.24. The SMILES string of the molecule is COc1ccc([C@H](C(=O)NC2CCCCC2)N(C(=O)c2ccccn2)c2cccc(C)c2)cc1. The number of benzene rings is 2. The Morgan fingerprint density at radius 1 is 1.00 bits per heavy atom. The van der Waals surface area contributed by atoms with Crippen molar-refractivity contribution in [1.82, 2.24) is 10.3 Å². The van der Waals surface area contributed by atoms with Gasteiger partial charge in [-0.15, -0.1) is 0 Å². The summed E-state index contributed by atoms with van der Waals surface area (Å²) in [5.74, 6) is 0.169. The summed E-state index contributed by atoms with van der Waals surface area (Å²) in [5, 5.41) is 3.23. The van der Waals surface area contributed by atoms with E-state index in [-0.39, 0.29) is 23.6 Å². The molecule has 0 aliphatic heterocycles. The second kappa shape index (κ2) is 11.0. The molecule has 0 bridgehead atoms. The number of amides is 2. The Kier molecular flexibility index (Phi) is 7.58. The number of aromatic nitrogens is 1. The molecule has 0 spiro atoms. The van der Waals surface area contributed by atoms with Crippen LogP contribution in [0.5, 0.6) is 5.75 Å². The molecule has 1 aliphatic carbocycles. The molecule has 1 heterocycles. The average Bonchev–Trinajstić information content (AvgIpc) is 2.88. The third kappa shape index (κ3) is 5.45. The highest BCUT2D eigenvalue weighted by atomic mass is 16.5. The Balaban J connectivity index is 1.80. The van der Waals surface area contributed by atoms with Crippen molar-refractivity contribution >= 4 is 17.5 Å². The molecule has 1 atom stereocenters. The Bertz CT molecular complexity index is 1110. The Labute approximate surface area is 201 Å². The minimum absolute atomic E-state index is 0.117. The number of hydrogen-bond donors (Lipinski definition) is 1. The standard InChI is InChI=1S/C28H31N3O3/c1-20-9-8-12-23(19-20)31(28(33)25-13-6-7-18-29-25)26(21-14-16-24(34-2)17-15-21)27(32)30-22-10-4-3-5-11-22/h6-9,12-19,22,26H,3-5,10-11H2,1-2H3,(H,30,32)/t26-/m1/s1. The van der Waals surface area contributed by atoms with Gasteiger partial charge in [-0.05, 0) is 67.3 Å². The summed E-state index contributed by atoms with van der Waals surface area (Å²) in [7, 11) is 1.60. The second-order valence-electron chi connectivity index (χ2n) is 8.75. The fraction of sp³-hybridized carbons (Fsp3) is 0.321. The molecule has 1 fully saturated rings. The van der Waals surface area contributed by atoms with Crippen molar-refractivity contribution < 1.29 is 14.3 Å². The van der Waals surface area contributed by atoms with Gasteiger partial charge in [0, 0.05) is 17.9 Å². The average molecular weight is 458 g/mol. The number of rotatable bonds is 7. The third-order valence-electron chi connectivity index (χ3n) is 6.27. The highest BCUT2D eigenvalue weighted by Crippen LogP contribution is 2.32. The molecule has 3 aromatic rings. The molecule has 1 aliphatic rings. The van der Waals surface area contributed by atoms with Gasteiger partial charge in [0.15, 0.2) is 0 Å². The monoisotopic (exact) mass is 457 g/mol. The molecule has 0 saturated heterocycles. The Morgan fingerprint density at radius 3 is 2.41 bits per heavy atom. The molecule has 0 unspecified atom stereocenters. The summed E-state index contributed by atoms with van der Waals surface area (Å²) in [4.78, 5) is 33.5. The summed E-state index contributed by atoms with van der Waals surface area (Å²) >= 11 is 0. The minimum Gasteiger partial charge on any atom is -0.497 e. The predicted molar refractivity (Wildman–Crippen MR) is 133 cm³/mol. The summed E-state index contributed by atoms with van der Waals surface area (Å²) in [6.07, 6.45) is 6.91. The quantitative estimate of drug-likeness (QED) is 0.527. The van der Waals surface area contributed by atoms with Crippen LogP contribution in [0, 0.1) is 6.92 Å². The van der Waals surface area contributed by atoms with Crippen LogP contribution in [-0.2, 0) is 4.79 Å². The van der Waals surface area contributed by atoms with Crippen molar-refractivity contribution in [3.63, 3.8) is 0 Å². The molecular formula is C28H31N3O3. The molecule has 1 aromatic heterocycles. The number of methoxy groups -OCH3 is 1. The van der Waals surface area contributed by atoms with Gasteiger partial charge in [0.05, 0.1) is 7.11 Å². The normalized spacial score (nSPS) is 14.8. The van der Waals surface area contributed by atoms with Crippen LogP contribution in [0.15, 0.2) is 72.9 Å². The molecule has 6 heteroatoms. The van der Waals surface area contributed by atoms with Gasteiger partial charge in [-0.3, -0.25) is 19.5 Å². The summed E-state index contributed by atoms with van der Waals surface area (Å²) in [6, 6.07) is 19.5. The molecule has 4 rings (SSSR count). The Hall–Kier alpha value is -3.67. The second-order valence-corrected chi connectivity index (χ2v) is 8.75. The van der Waals surface area contributed by atoms with Crippen LogP contribution >= 0.6 is 0 Å². The number of carbonyl (C=O) groups excluding carboxylic acids is 2. The van der Waals surface area contributed by atoms with E-state index in [1.54, 1.807) is 36.4 Å². The number of hydrogen-bond acceptors (Lipinski definition) is 4. The summed E-state index contributed by atoms with van der Waals surface area (Å²) in [6.45, 7) is 1.97. The molecule has 6 nitrogen and oxygen atoms in total. The maximum Gasteiger partial charge on any atom is 0.277 e. The van der Waals surface area contributed by atoms with E-state index in [0.29, 0.717) is 17.0 Å². The van der Waals surface area contributed by atoms with E-state index in [1.807, 2.05) is 55.5 Å². The first-order valence-electron chi connectivity index (χ1n) is 11.8. The van der Waals surface area contributed by atoms with Crippen LogP contribution in [0.25, 0.3) is 0 Å². The lowest BCUT2D eigenvalue weighted by atomic mass is 9.94. The lowest BCUT2D eigenvalue weighted by molar-refractivity contribution is -0.123. The van der Waals surface area contributed by atoms with Gasteiger partial charge in [0.25, 0.3) is 5.91 Å². The van der Waals surface area contributed by atoms with Gasteiger partial charge < -0.3 is 10.1 Å². The van der Waals surface area contributed by atoms with E-state index in [2.05, 4.69) is 10.3 Å². The minimum atomic E-state index is -0.857. The number of aryl methyl sites for hydroxylation is 1. The largest absolute Gasteiger partial charge is 0.497 e. The van der Waals surface area contributed by atoms with Crippen molar-refractivity contribution in [3.8, 4) is 5.75 Å². The summed E-state index contributed by atoms with van der Waals surface area (Å²) in [5.41, 5.74) is 2.64. The molecule has 1 saturated carbocycles. The zero-order chi connectivity index (χ0) is 23.9. The van der Waals surface area contributed by atoms with Crippen molar-refractivity contribution in [3.05, 3.63) is 89.7 Å². The number of anilines is 1. The lowest BCUT2D eigenvalue weighted by Gasteiger charge is -2.33. The van der Waals surface area contributed by atoms with Crippen molar-refractivity contribution in [2.45, 2.75) is 51.1 Å². The number of nitrogens with zero attached hydrogens (tertiary/aromatic N) is 2. The molecule has 2 aromatic carbocycles. The van der Waals surface area contributed by atoms with Crippen LogP contribution in [-0.4, -0.2) is 29.9 Å². The highest BCUT2D eigenvalue weighted by molar-refractivity contribution is 6.09. The molecule has 2 amide bonds. The number of carbonyl (C=O) groups is 2. The first-order chi connectivity index (χ1) is 16.6. The highest BCUT2D eigenvalue weighted by Gasteiger charge is 2.35. The van der Waals surface area contributed by atoms with Crippen LogP contribution in [0.2, 0.25) is 0 Å². The van der Waals surface area contributed by atoms with Crippen LogP contribution in [0.3, 0.4) is 0 Å². The van der Waals surface area contributed by atoms with Crippen molar-refractivity contribution in [1.29, 1.82) is 0 Å². The van der Waals surface area contributed by atoms with Crippen LogP contribution < -0.4 is 15.0 Å². The lowest BCUT2D eigenvalue weighted by Crippen LogP contribution is -2.47. The van der Waals surface area contributed by atoms with Crippen molar-refractivity contribution in [2.24, 2.45) is 0 Å². The Morgan fingerprint density at radius 2 is 1.76 bits per heavy atom. The zero-order valence-electron chi connectivity index (χ0n) is 19.7. The summed E-state index contributed by atoms with van der Waals surface area (Å²) < 4.78 is 5.32. The molecule has 34 heavy (non-hydrogen) atoms.